The molecule has 0 aliphatic carbocycles. The van der Waals surface area contributed by atoms with Crippen molar-refractivity contribution in [3.05, 3.63) is 91.4 Å². The summed E-state index contributed by atoms with van der Waals surface area (Å²) in [5, 5.41) is 19.6. The molecular weight excluding hydrogens is 482 g/mol. The van der Waals surface area contributed by atoms with Gasteiger partial charge in [0.05, 0.1) is 15.1 Å². The molecule has 3 aromatic carbocycles. The lowest BCUT2D eigenvalue weighted by Gasteiger charge is -2.34. The van der Waals surface area contributed by atoms with Gasteiger partial charge in [0.25, 0.3) is 10.1 Å². The zero-order valence-electron chi connectivity index (χ0n) is 14.3. The number of hydrogen-bond donors (Lipinski definition) is 3. The first-order valence-electron chi connectivity index (χ1n) is 7.90. The molecule has 0 amide bonds. The molecule has 0 heterocycles. The third kappa shape index (κ3) is 3.54. The summed E-state index contributed by atoms with van der Waals surface area (Å²) in [5.74, 6) is -1.33. The first-order chi connectivity index (χ1) is 13.5. The summed E-state index contributed by atoms with van der Waals surface area (Å²) in [6, 6.07) is 12.0. The minimum absolute atomic E-state index is 0.0283. The summed E-state index contributed by atoms with van der Waals surface area (Å²) in [6.07, 6.45) is 0. The van der Waals surface area contributed by atoms with Crippen LogP contribution in [0.5, 0.6) is 11.5 Å². The fraction of sp³-hybridized carbons (Fsp3) is 0.0526. The quantitative estimate of drug-likeness (QED) is 0.239. The molecule has 29 heavy (non-hydrogen) atoms. The number of aromatic hydroxyl groups is 2. The van der Waals surface area contributed by atoms with Gasteiger partial charge in [0.2, 0.25) is 0 Å². The lowest BCUT2D eigenvalue weighted by molar-refractivity contribution is 0.402. The van der Waals surface area contributed by atoms with E-state index in [9.17, 15) is 23.2 Å². The smallest absolute Gasteiger partial charge is 0.283 e. The predicted octanol–water partition coefficient (Wildman–Crippen LogP) is 5.89. The molecule has 152 valence electrons. The molecule has 3 N–H and O–H groups in total. The van der Waals surface area contributed by atoms with Gasteiger partial charge < -0.3 is 10.2 Å². The minimum Gasteiger partial charge on any atom is -0.504 e. The summed E-state index contributed by atoms with van der Waals surface area (Å²) >= 11 is 24.6. The zero-order valence-corrected chi connectivity index (χ0v) is 18.1. The molecule has 0 fully saturated rings. The van der Waals surface area contributed by atoms with Gasteiger partial charge >= 0.3 is 0 Å². The van der Waals surface area contributed by atoms with Crippen LogP contribution in [-0.2, 0) is 14.9 Å². The van der Waals surface area contributed by atoms with Crippen LogP contribution in [0.15, 0.2) is 54.6 Å². The van der Waals surface area contributed by atoms with Gasteiger partial charge in [-0.25, -0.2) is 0 Å². The van der Waals surface area contributed by atoms with Crippen LogP contribution >= 0.6 is 46.4 Å². The maximum atomic E-state index is 13.0. The molecule has 0 saturated heterocycles. The van der Waals surface area contributed by atoms with E-state index in [-0.39, 0.29) is 26.7 Å². The highest BCUT2D eigenvalue weighted by Crippen LogP contribution is 2.52. The summed E-state index contributed by atoms with van der Waals surface area (Å²) < 4.78 is 34.0. The Morgan fingerprint density at radius 1 is 0.759 bits per heavy atom. The fourth-order valence-corrected chi connectivity index (χ4v) is 5.48. The Kier molecular flexibility index (Phi) is 5.98. The van der Waals surface area contributed by atoms with Crippen molar-refractivity contribution in [1.82, 2.24) is 0 Å². The summed E-state index contributed by atoms with van der Waals surface area (Å²) in [4.78, 5) is 0. The van der Waals surface area contributed by atoms with Crippen LogP contribution in [0, 0.1) is 0 Å². The van der Waals surface area contributed by atoms with Crippen LogP contribution in [0.2, 0.25) is 20.1 Å². The van der Waals surface area contributed by atoms with E-state index in [0.717, 1.165) is 12.1 Å². The van der Waals surface area contributed by atoms with E-state index in [0.29, 0.717) is 5.02 Å². The van der Waals surface area contributed by atoms with Crippen molar-refractivity contribution in [2.75, 3.05) is 0 Å². The normalized spacial score (nSPS) is 13.8. The molecule has 0 aromatic heterocycles. The van der Waals surface area contributed by atoms with E-state index in [1.807, 2.05) is 0 Å². The Morgan fingerprint density at radius 3 is 1.93 bits per heavy atom. The van der Waals surface area contributed by atoms with Crippen LogP contribution < -0.4 is 0 Å². The van der Waals surface area contributed by atoms with Crippen LogP contribution in [0.25, 0.3) is 0 Å². The molecule has 0 saturated carbocycles. The summed E-state index contributed by atoms with van der Waals surface area (Å²) in [7, 11) is -5.05. The second-order valence-corrected chi connectivity index (χ2v) is 9.22. The van der Waals surface area contributed by atoms with Gasteiger partial charge in [0, 0.05) is 16.1 Å². The largest absolute Gasteiger partial charge is 0.504 e. The second kappa shape index (κ2) is 7.87. The number of phenols is 2. The standard InChI is InChI=1S/C19H12Cl4O5S/c20-11-6-4-10(5-7-11)19(29(26,27)28,12-2-1-3-14(21)16(12)22)13-8-9-15(24)18(25)17(13)23/h1-9,24-25H,(H,26,27,28). The minimum atomic E-state index is -5.05. The van der Waals surface area contributed by atoms with Gasteiger partial charge in [-0.15, -0.1) is 0 Å². The molecule has 0 aliphatic rings. The van der Waals surface area contributed by atoms with Gasteiger partial charge in [-0.2, -0.15) is 8.42 Å². The Morgan fingerprint density at radius 2 is 1.34 bits per heavy atom. The van der Waals surface area contributed by atoms with Gasteiger partial charge in [-0.3, -0.25) is 4.55 Å². The maximum absolute atomic E-state index is 13.0. The highest BCUT2D eigenvalue weighted by molar-refractivity contribution is 7.87. The number of phenolic OH excluding ortho intramolecular Hbond substituents is 2. The monoisotopic (exact) mass is 492 g/mol. The van der Waals surface area contributed by atoms with E-state index >= 15 is 0 Å². The Labute approximate surface area is 186 Å². The van der Waals surface area contributed by atoms with Crippen LogP contribution in [-0.4, -0.2) is 23.2 Å². The van der Waals surface area contributed by atoms with Crippen LogP contribution in [0.4, 0.5) is 0 Å². The topological polar surface area (TPSA) is 94.8 Å². The average molecular weight is 494 g/mol. The molecule has 0 aliphatic heterocycles. The van der Waals surface area contributed by atoms with Crippen molar-refractivity contribution in [1.29, 1.82) is 0 Å². The van der Waals surface area contributed by atoms with Crippen molar-refractivity contribution >= 4 is 56.5 Å². The first kappa shape index (κ1) is 22.0. The van der Waals surface area contributed by atoms with E-state index < -0.39 is 31.4 Å². The molecule has 0 bridgehead atoms. The van der Waals surface area contributed by atoms with Crippen molar-refractivity contribution < 1.29 is 23.2 Å². The number of rotatable bonds is 4. The number of hydrogen-bond acceptors (Lipinski definition) is 4. The molecule has 0 radical (unpaired) electrons. The highest BCUT2D eigenvalue weighted by atomic mass is 35.5. The molecule has 3 rings (SSSR count). The Balaban J connectivity index is 2.61. The number of benzene rings is 3. The van der Waals surface area contributed by atoms with E-state index in [1.165, 1.54) is 42.5 Å². The SMILES string of the molecule is O=S(=O)(O)C(c1ccc(Cl)cc1)(c1cccc(Cl)c1Cl)c1ccc(O)c(O)c1Cl. The molecular formula is C19H12Cl4O5S. The maximum Gasteiger partial charge on any atom is 0.283 e. The third-order valence-electron chi connectivity index (χ3n) is 4.44. The zero-order chi connectivity index (χ0) is 21.6. The van der Waals surface area contributed by atoms with E-state index in [2.05, 4.69) is 0 Å². The molecule has 3 aromatic rings. The van der Waals surface area contributed by atoms with Crippen molar-refractivity contribution in [3.63, 3.8) is 0 Å². The first-order valence-corrected chi connectivity index (χ1v) is 10.9. The van der Waals surface area contributed by atoms with Crippen LogP contribution in [0.1, 0.15) is 16.7 Å². The van der Waals surface area contributed by atoms with E-state index in [4.69, 9.17) is 46.4 Å². The molecule has 1 atom stereocenters. The fourth-order valence-electron chi connectivity index (χ4n) is 3.17. The van der Waals surface area contributed by atoms with Gasteiger partial charge in [0.15, 0.2) is 16.2 Å². The molecule has 0 spiro atoms. The van der Waals surface area contributed by atoms with Crippen LogP contribution in [0.3, 0.4) is 0 Å². The van der Waals surface area contributed by atoms with Crippen molar-refractivity contribution in [2.24, 2.45) is 0 Å². The lowest BCUT2D eigenvalue weighted by atomic mass is 9.83. The predicted molar refractivity (Wildman–Crippen MR) is 114 cm³/mol. The van der Waals surface area contributed by atoms with Gasteiger partial charge in [-0.05, 0) is 29.8 Å². The third-order valence-corrected chi connectivity index (χ3v) is 7.35. The van der Waals surface area contributed by atoms with E-state index in [1.54, 1.807) is 0 Å². The lowest BCUT2D eigenvalue weighted by Crippen LogP contribution is -2.39. The Bertz CT molecular complexity index is 1200. The van der Waals surface area contributed by atoms with Gasteiger partial charge in [-0.1, -0.05) is 76.7 Å². The Hall–Kier alpha value is -1.67. The second-order valence-electron chi connectivity index (χ2n) is 6.06. The van der Waals surface area contributed by atoms with Gasteiger partial charge in [0.1, 0.15) is 0 Å². The highest BCUT2D eigenvalue weighted by Gasteiger charge is 2.51. The van der Waals surface area contributed by atoms with Crippen molar-refractivity contribution in [3.8, 4) is 11.5 Å². The molecule has 10 heteroatoms. The number of halogens is 4. The summed E-state index contributed by atoms with van der Waals surface area (Å²) in [6.45, 7) is 0. The molecule has 1 unspecified atom stereocenters. The van der Waals surface area contributed by atoms with Crippen molar-refractivity contribution in [2.45, 2.75) is 4.75 Å². The average Bonchev–Trinajstić information content (AvgIpc) is 2.65. The summed E-state index contributed by atoms with van der Waals surface area (Å²) in [5.41, 5.74) is -0.326. The molecule has 5 nitrogen and oxygen atoms in total.